The van der Waals surface area contributed by atoms with Crippen molar-refractivity contribution >= 4 is 17.6 Å². The molecular weight excluding hydrogens is 251 g/mol. The van der Waals surface area contributed by atoms with Crippen molar-refractivity contribution in [1.82, 2.24) is 10.6 Å². The Morgan fingerprint density at radius 1 is 1.32 bits per heavy atom. The minimum absolute atomic E-state index is 0.0389. The highest BCUT2D eigenvalue weighted by atomic mass is 19.1. The summed E-state index contributed by atoms with van der Waals surface area (Å²) in [6.45, 7) is 1.92. The van der Waals surface area contributed by atoms with E-state index < -0.39 is 11.8 Å². The van der Waals surface area contributed by atoms with E-state index in [9.17, 15) is 14.0 Å². The Morgan fingerprint density at radius 3 is 2.63 bits per heavy atom. The molecule has 1 rings (SSSR count). The fourth-order valence-electron chi connectivity index (χ4n) is 1.30. The number of amides is 3. The van der Waals surface area contributed by atoms with E-state index in [1.165, 1.54) is 13.0 Å². The highest BCUT2D eigenvalue weighted by Gasteiger charge is 2.07. The third-order valence-electron chi connectivity index (χ3n) is 2.13. The number of carbonyl (C=O) groups excluding carboxylic acids is 2. The highest BCUT2D eigenvalue weighted by molar-refractivity contribution is 5.90. The Kier molecular flexibility index (Phi) is 5.29. The van der Waals surface area contributed by atoms with Crippen LogP contribution in [0.4, 0.5) is 14.9 Å². The Balaban J connectivity index is 2.49. The average molecular weight is 264 g/mol. The standard InChI is InChI=1S/C12H13FN4O2/c1-8(18)15-4-5-16-12(19)17-11-3-2-10(13)6-9(11)7-14/h2-3,6H,4-5H2,1H3,(H,15,18)(H2,16,17,19). The van der Waals surface area contributed by atoms with Crippen LogP contribution < -0.4 is 16.0 Å². The molecule has 0 atom stereocenters. The molecule has 7 heteroatoms. The van der Waals surface area contributed by atoms with Crippen molar-refractivity contribution < 1.29 is 14.0 Å². The van der Waals surface area contributed by atoms with Gasteiger partial charge < -0.3 is 16.0 Å². The number of urea groups is 1. The number of nitrogens with zero attached hydrogens (tertiary/aromatic N) is 1. The van der Waals surface area contributed by atoms with Crippen LogP contribution in [0.1, 0.15) is 12.5 Å². The fraction of sp³-hybridized carbons (Fsp3) is 0.250. The summed E-state index contributed by atoms with van der Waals surface area (Å²) in [6.07, 6.45) is 0. The molecule has 0 saturated carbocycles. The maximum atomic E-state index is 12.9. The number of halogens is 1. The zero-order chi connectivity index (χ0) is 14.3. The summed E-state index contributed by atoms with van der Waals surface area (Å²) in [7, 11) is 0. The lowest BCUT2D eigenvalue weighted by Crippen LogP contribution is -2.36. The number of hydrogen-bond acceptors (Lipinski definition) is 3. The summed E-state index contributed by atoms with van der Waals surface area (Å²) >= 11 is 0. The third kappa shape index (κ3) is 5.04. The molecule has 0 aromatic heterocycles. The average Bonchev–Trinajstić information content (AvgIpc) is 2.36. The monoisotopic (exact) mass is 264 g/mol. The van der Waals surface area contributed by atoms with Gasteiger partial charge in [-0.15, -0.1) is 0 Å². The smallest absolute Gasteiger partial charge is 0.319 e. The molecule has 3 amide bonds. The maximum Gasteiger partial charge on any atom is 0.319 e. The normalized spacial score (nSPS) is 9.32. The van der Waals surface area contributed by atoms with E-state index in [1.807, 2.05) is 0 Å². The van der Waals surface area contributed by atoms with Gasteiger partial charge in [-0.05, 0) is 18.2 Å². The molecule has 19 heavy (non-hydrogen) atoms. The molecule has 1 aromatic carbocycles. The maximum absolute atomic E-state index is 12.9. The van der Waals surface area contributed by atoms with Crippen molar-refractivity contribution in [2.45, 2.75) is 6.92 Å². The van der Waals surface area contributed by atoms with Crippen molar-refractivity contribution in [2.24, 2.45) is 0 Å². The van der Waals surface area contributed by atoms with Crippen molar-refractivity contribution in [3.63, 3.8) is 0 Å². The van der Waals surface area contributed by atoms with E-state index in [1.54, 1.807) is 6.07 Å². The van der Waals surface area contributed by atoms with Gasteiger partial charge in [-0.2, -0.15) is 5.26 Å². The van der Waals surface area contributed by atoms with Crippen LogP contribution >= 0.6 is 0 Å². The topological polar surface area (TPSA) is 94.0 Å². The first-order chi connectivity index (χ1) is 9.02. The van der Waals surface area contributed by atoms with Gasteiger partial charge in [-0.3, -0.25) is 4.79 Å². The van der Waals surface area contributed by atoms with Crippen LogP contribution in [0.2, 0.25) is 0 Å². The predicted octanol–water partition coefficient (Wildman–Crippen LogP) is 0.955. The second-order valence-electron chi connectivity index (χ2n) is 3.67. The Bertz CT molecular complexity index is 525. The van der Waals surface area contributed by atoms with Gasteiger partial charge in [0.15, 0.2) is 0 Å². The number of hydrogen-bond donors (Lipinski definition) is 3. The minimum Gasteiger partial charge on any atom is -0.355 e. The van der Waals surface area contributed by atoms with Gasteiger partial charge in [0.25, 0.3) is 0 Å². The molecular formula is C12H13FN4O2. The zero-order valence-corrected chi connectivity index (χ0v) is 10.3. The second kappa shape index (κ2) is 6.96. The summed E-state index contributed by atoms with van der Waals surface area (Å²) in [5, 5.41) is 16.2. The van der Waals surface area contributed by atoms with E-state index in [0.717, 1.165) is 12.1 Å². The van der Waals surface area contributed by atoms with Crippen molar-refractivity contribution in [3.05, 3.63) is 29.6 Å². The Hall–Kier alpha value is -2.62. The number of anilines is 1. The molecule has 0 unspecified atom stereocenters. The zero-order valence-electron chi connectivity index (χ0n) is 10.3. The fourth-order valence-corrected chi connectivity index (χ4v) is 1.30. The van der Waals surface area contributed by atoms with Gasteiger partial charge >= 0.3 is 6.03 Å². The number of nitriles is 1. The molecule has 0 heterocycles. The van der Waals surface area contributed by atoms with Gasteiger partial charge in [0, 0.05) is 20.0 Å². The molecule has 0 bridgehead atoms. The minimum atomic E-state index is -0.548. The largest absolute Gasteiger partial charge is 0.355 e. The molecule has 0 aliphatic heterocycles. The molecule has 0 aliphatic rings. The van der Waals surface area contributed by atoms with Crippen LogP contribution in [0.15, 0.2) is 18.2 Å². The number of carbonyl (C=O) groups is 2. The molecule has 3 N–H and O–H groups in total. The van der Waals surface area contributed by atoms with Crippen LogP contribution in [0.25, 0.3) is 0 Å². The summed E-state index contributed by atoms with van der Waals surface area (Å²) < 4.78 is 12.9. The molecule has 100 valence electrons. The van der Waals surface area contributed by atoms with E-state index in [0.29, 0.717) is 6.54 Å². The highest BCUT2D eigenvalue weighted by Crippen LogP contribution is 2.15. The lowest BCUT2D eigenvalue weighted by Gasteiger charge is -2.09. The van der Waals surface area contributed by atoms with Gasteiger partial charge in [0.05, 0.1) is 11.3 Å². The van der Waals surface area contributed by atoms with E-state index >= 15 is 0 Å². The molecule has 0 radical (unpaired) electrons. The van der Waals surface area contributed by atoms with Gasteiger partial charge in [0.2, 0.25) is 5.91 Å². The van der Waals surface area contributed by atoms with Crippen molar-refractivity contribution in [1.29, 1.82) is 5.26 Å². The van der Waals surface area contributed by atoms with Crippen molar-refractivity contribution in [2.75, 3.05) is 18.4 Å². The molecule has 0 saturated heterocycles. The Labute approximate surface area is 109 Å². The van der Waals surface area contributed by atoms with E-state index in [-0.39, 0.29) is 23.7 Å². The van der Waals surface area contributed by atoms with Crippen LogP contribution in [-0.4, -0.2) is 25.0 Å². The quantitative estimate of drug-likeness (QED) is 0.707. The second-order valence-corrected chi connectivity index (χ2v) is 3.67. The van der Waals surface area contributed by atoms with Crippen LogP contribution in [0.3, 0.4) is 0 Å². The molecule has 6 nitrogen and oxygen atoms in total. The Morgan fingerprint density at radius 2 is 2.00 bits per heavy atom. The molecule has 0 aliphatic carbocycles. The molecule has 1 aromatic rings. The van der Waals surface area contributed by atoms with E-state index in [2.05, 4.69) is 16.0 Å². The summed E-state index contributed by atoms with van der Waals surface area (Å²) in [6, 6.07) is 4.74. The predicted molar refractivity (Wildman–Crippen MR) is 66.8 cm³/mol. The molecule has 0 spiro atoms. The lowest BCUT2D eigenvalue weighted by atomic mass is 10.2. The summed E-state index contributed by atoms with van der Waals surface area (Å²) in [5.74, 6) is -0.735. The van der Waals surface area contributed by atoms with E-state index in [4.69, 9.17) is 5.26 Å². The van der Waals surface area contributed by atoms with Gasteiger partial charge in [0.1, 0.15) is 11.9 Å². The van der Waals surface area contributed by atoms with Crippen LogP contribution in [0, 0.1) is 17.1 Å². The van der Waals surface area contributed by atoms with Crippen LogP contribution in [0.5, 0.6) is 0 Å². The number of benzene rings is 1. The van der Waals surface area contributed by atoms with Gasteiger partial charge in [-0.1, -0.05) is 0 Å². The van der Waals surface area contributed by atoms with Gasteiger partial charge in [-0.25, -0.2) is 9.18 Å². The third-order valence-corrected chi connectivity index (χ3v) is 2.13. The first kappa shape index (κ1) is 14.4. The number of nitrogens with one attached hydrogen (secondary N) is 3. The first-order valence-corrected chi connectivity index (χ1v) is 5.52. The summed E-state index contributed by atoms with van der Waals surface area (Å²) in [5.41, 5.74) is 0.262. The summed E-state index contributed by atoms with van der Waals surface area (Å²) in [4.78, 5) is 22.1. The molecule has 0 fully saturated rings. The van der Waals surface area contributed by atoms with Crippen LogP contribution in [-0.2, 0) is 4.79 Å². The number of rotatable bonds is 4. The first-order valence-electron chi connectivity index (χ1n) is 5.52. The van der Waals surface area contributed by atoms with Crippen molar-refractivity contribution in [3.8, 4) is 6.07 Å². The lowest BCUT2D eigenvalue weighted by molar-refractivity contribution is -0.118. The SMILES string of the molecule is CC(=O)NCCNC(=O)Nc1ccc(F)cc1C#N.